The van der Waals surface area contributed by atoms with Crippen molar-refractivity contribution in [2.75, 3.05) is 20.1 Å². The van der Waals surface area contributed by atoms with Crippen molar-refractivity contribution in [3.05, 3.63) is 0 Å². The Kier molecular flexibility index (Phi) is 1.49. The van der Waals surface area contributed by atoms with Crippen molar-refractivity contribution in [1.29, 1.82) is 0 Å². The lowest BCUT2D eigenvalue weighted by Gasteiger charge is -2.35. The standard InChI is InChI=1S/C5H10N2S/c1-7-2-4(3-7)5(6)8/h4H,2-3H2,1H3,(H2,6,8). The largest absolute Gasteiger partial charge is 0.393 e. The fraction of sp³-hybridized carbons (Fsp3) is 0.800. The predicted octanol–water partition coefficient (Wildman–Crippen LogP) is -0.166. The third kappa shape index (κ3) is 0.980. The summed E-state index contributed by atoms with van der Waals surface area (Å²) in [6.07, 6.45) is 0. The summed E-state index contributed by atoms with van der Waals surface area (Å²) in [5, 5.41) is 0. The van der Waals surface area contributed by atoms with Crippen LogP contribution < -0.4 is 5.73 Å². The first-order valence-corrected chi connectivity index (χ1v) is 3.09. The van der Waals surface area contributed by atoms with E-state index in [9.17, 15) is 0 Å². The smallest absolute Gasteiger partial charge is 0.0784 e. The van der Waals surface area contributed by atoms with Crippen LogP contribution >= 0.6 is 12.2 Å². The van der Waals surface area contributed by atoms with Crippen molar-refractivity contribution in [3.63, 3.8) is 0 Å². The molecular formula is C5H10N2S. The first kappa shape index (κ1) is 5.98. The van der Waals surface area contributed by atoms with Gasteiger partial charge in [-0.3, -0.25) is 0 Å². The molecule has 1 rings (SSSR count). The number of nitrogens with two attached hydrogens (primary N) is 1. The molecule has 1 aliphatic rings. The molecule has 0 aromatic rings. The summed E-state index contributed by atoms with van der Waals surface area (Å²) < 4.78 is 0. The van der Waals surface area contributed by atoms with Gasteiger partial charge in [-0.1, -0.05) is 12.2 Å². The molecule has 0 amide bonds. The van der Waals surface area contributed by atoms with E-state index >= 15 is 0 Å². The molecular weight excluding hydrogens is 120 g/mol. The molecule has 8 heavy (non-hydrogen) atoms. The highest BCUT2D eigenvalue weighted by Gasteiger charge is 2.24. The van der Waals surface area contributed by atoms with Crippen molar-refractivity contribution in [1.82, 2.24) is 4.90 Å². The van der Waals surface area contributed by atoms with Gasteiger partial charge in [-0.15, -0.1) is 0 Å². The Bertz CT molecular complexity index is 107. The molecule has 0 aliphatic carbocycles. The highest BCUT2D eigenvalue weighted by atomic mass is 32.1. The van der Waals surface area contributed by atoms with Crippen molar-refractivity contribution in [2.45, 2.75) is 0 Å². The molecule has 1 fully saturated rings. The van der Waals surface area contributed by atoms with E-state index in [-0.39, 0.29) is 0 Å². The Morgan fingerprint density at radius 2 is 2.25 bits per heavy atom. The second kappa shape index (κ2) is 1.99. The van der Waals surface area contributed by atoms with Gasteiger partial charge >= 0.3 is 0 Å². The Labute approximate surface area is 54.7 Å². The summed E-state index contributed by atoms with van der Waals surface area (Å²) in [5.74, 6) is 0.495. The summed E-state index contributed by atoms with van der Waals surface area (Å²) >= 11 is 4.77. The van der Waals surface area contributed by atoms with E-state index in [0.29, 0.717) is 10.9 Å². The SMILES string of the molecule is CN1CC(C(N)=S)C1. The summed E-state index contributed by atoms with van der Waals surface area (Å²) in [6.45, 7) is 2.10. The fourth-order valence-electron chi connectivity index (χ4n) is 0.879. The maximum Gasteiger partial charge on any atom is 0.0784 e. The zero-order valence-corrected chi connectivity index (χ0v) is 5.74. The highest BCUT2D eigenvalue weighted by molar-refractivity contribution is 7.80. The van der Waals surface area contributed by atoms with Crippen LogP contribution in [-0.2, 0) is 0 Å². The highest BCUT2D eigenvalue weighted by Crippen LogP contribution is 2.11. The molecule has 46 valence electrons. The van der Waals surface area contributed by atoms with Crippen molar-refractivity contribution >= 4 is 17.2 Å². The van der Waals surface area contributed by atoms with Crippen LogP contribution in [0.2, 0.25) is 0 Å². The molecule has 0 radical (unpaired) electrons. The number of nitrogens with zero attached hydrogens (tertiary/aromatic N) is 1. The van der Waals surface area contributed by atoms with E-state index in [1.807, 2.05) is 0 Å². The zero-order chi connectivity index (χ0) is 6.15. The molecule has 2 N–H and O–H groups in total. The molecule has 0 aromatic heterocycles. The molecule has 0 bridgehead atoms. The van der Waals surface area contributed by atoms with Gasteiger partial charge in [0, 0.05) is 19.0 Å². The lowest BCUT2D eigenvalue weighted by atomic mass is 10.0. The molecule has 3 heteroatoms. The summed E-state index contributed by atoms with van der Waals surface area (Å²) in [5.41, 5.74) is 5.36. The maximum absolute atomic E-state index is 5.36. The molecule has 0 spiro atoms. The Balaban J connectivity index is 2.25. The number of likely N-dealkylation sites (tertiary alicyclic amines) is 1. The second-order valence-electron chi connectivity index (χ2n) is 2.32. The Morgan fingerprint density at radius 3 is 2.38 bits per heavy atom. The lowest BCUT2D eigenvalue weighted by Crippen LogP contribution is -2.49. The van der Waals surface area contributed by atoms with Gasteiger partial charge < -0.3 is 10.6 Å². The Hall–Kier alpha value is -0.150. The van der Waals surface area contributed by atoms with Gasteiger partial charge in [0.15, 0.2) is 0 Å². The molecule has 1 saturated heterocycles. The van der Waals surface area contributed by atoms with Crippen LogP contribution in [0.25, 0.3) is 0 Å². The molecule has 1 aliphatic heterocycles. The number of thiocarbonyl (C=S) groups is 1. The van der Waals surface area contributed by atoms with Crippen LogP contribution in [0.15, 0.2) is 0 Å². The van der Waals surface area contributed by atoms with E-state index in [2.05, 4.69) is 11.9 Å². The minimum atomic E-state index is 0.495. The van der Waals surface area contributed by atoms with Gasteiger partial charge in [0.2, 0.25) is 0 Å². The van der Waals surface area contributed by atoms with Crippen LogP contribution in [0.3, 0.4) is 0 Å². The van der Waals surface area contributed by atoms with E-state index in [1.165, 1.54) is 0 Å². The van der Waals surface area contributed by atoms with Gasteiger partial charge in [-0.2, -0.15) is 0 Å². The molecule has 1 heterocycles. The average Bonchev–Trinajstić information content (AvgIpc) is 1.57. The van der Waals surface area contributed by atoms with Crippen LogP contribution in [0.5, 0.6) is 0 Å². The molecule has 0 aromatic carbocycles. The van der Waals surface area contributed by atoms with E-state index < -0.39 is 0 Å². The molecule has 0 unspecified atom stereocenters. The van der Waals surface area contributed by atoms with E-state index in [4.69, 9.17) is 18.0 Å². The van der Waals surface area contributed by atoms with Gasteiger partial charge in [-0.25, -0.2) is 0 Å². The molecule has 0 atom stereocenters. The van der Waals surface area contributed by atoms with Crippen molar-refractivity contribution < 1.29 is 0 Å². The minimum absolute atomic E-state index is 0.495. The third-order valence-electron chi connectivity index (χ3n) is 1.47. The van der Waals surface area contributed by atoms with E-state index in [0.717, 1.165) is 13.1 Å². The fourth-order valence-corrected chi connectivity index (χ4v) is 1.03. The summed E-state index contributed by atoms with van der Waals surface area (Å²) in [7, 11) is 2.06. The lowest BCUT2D eigenvalue weighted by molar-refractivity contribution is 0.184. The van der Waals surface area contributed by atoms with Gasteiger partial charge in [-0.05, 0) is 7.05 Å². The zero-order valence-electron chi connectivity index (χ0n) is 4.92. The first-order valence-electron chi connectivity index (χ1n) is 2.68. The van der Waals surface area contributed by atoms with Crippen molar-refractivity contribution in [3.8, 4) is 0 Å². The predicted molar refractivity (Wildman–Crippen MR) is 37.8 cm³/mol. The number of hydrogen-bond acceptors (Lipinski definition) is 2. The van der Waals surface area contributed by atoms with Crippen LogP contribution in [0.4, 0.5) is 0 Å². The maximum atomic E-state index is 5.36. The molecule has 2 nitrogen and oxygen atoms in total. The first-order chi connectivity index (χ1) is 3.70. The van der Waals surface area contributed by atoms with Gasteiger partial charge in [0.25, 0.3) is 0 Å². The minimum Gasteiger partial charge on any atom is -0.393 e. The van der Waals surface area contributed by atoms with Gasteiger partial charge in [0.05, 0.1) is 4.99 Å². The molecule has 0 saturated carbocycles. The normalized spacial score (nSPS) is 22.6. The van der Waals surface area contributed by atoms with Crippen LogP contribution in [0, 0.1) is 5.92 Å². The number of hydrogen-bond donors (Lipinski definition) is 1. The second-order valence-corrected chi connectivity index (χ2v) is 2.79. The summed E-state index contributed by atoms with van der Waals surface area (Å²) in [4.78, 5) is 2.87. The van der Waals surface area contributed by atoms with Crippen molar-refractivity contribution in [2.24, 2.45) is 11.7 Å². The number of rotatable bonds is 1. The Morgan fingerprint density at radius 1 is 1.75 bits per heavy atom. The topological polar surface area (TPSA) is 29.3 Å². The van der Waals surface area contributed by atoms with Crippen LogP contribution in [-0.4, -0.2) is 30.0 Å². The average molecular weight is 130 g/mol. The van der Waals surface area contributed by atoms with E-state index in [1.54, 1.807) is 0 Å². The van der Waals surface area contributed by atoms with Crippen LogP contribution in [0.1, 0.15) is 0 Å². The monoisotopic (exact) mass is 130 g/mol. The quantitative estimate of drug-likeness (QED) is 0.500. The summed E-state index contributed by atoms with van der Waals surface area (Å²) in [6, 6.07) is 0. The van der Waals surface area contributed by atoms with Gasteiger partial charge in [0.1, 0.15) is 0 Å². The third-order valence-corrected chi connectivity index (χ3v) is 1.80.